The SMILES string of the molecule is CC(c1nc2ccccc2c(=O)[nH]1)n1cnc2c1c(=O)n(C)c(=O)n2C. The Morgan fingerprint density at radius 3 is 2.58 bits per heavy atom. The summed E-state index contributed by atoms with van der Waals surface area (Å²) in [7, 11) is 2.98. The van der Waals surface area contributed by atoms with Gasteiger partial charge in [0.1, 0.15) is 5.82 Å². The van der Waals surface area contributed by atoms with E-state index in [1.165, 1.54) is 17.9 Å². The van der Waals surface area contributed by atoms with Crippen molar-refractivity contribution in [2.45, 2.75) is 13.0 Å². The van der Waals surface area contributed by atoms with Gasteiger partial charge in [-0.2, -0.15) is 0 Å². The van der Waals surface area contributed by atoms with Crippen molar-refractivity contribution < 1.29 is 0 Å². The number of nitrogens with zero attached hydrogens (tertiary/aromatic N) is 5. The van der Waals surface area contributed by atoms with Crippen LogP contribution < -0.4 is 16.8 Å². The maximum Gasteiger partial charge on any atom is 0.332 e. The minimum absolute atomic E-state index is 0.248. The number of H-pyrrole nitrogens is 1. The zero-order valence-electron chi connectivity index (χ0n) is 14.4. The first-order valence-electron chi connectivity index (χ1n) is 8.01. The van der Waals surface area contributed by atoms with Crippen LogP contribution in [0.2, 0.25) is 0 Å². The number of aryl methyl sites for hydroxylation is 1. The van der Waals surface area contributed by atoms with E-state index in [0.717, 1.165) is 4.57 Å². The highest BCUT2D eigenvalue weighted by Crippen LogP contribution is 2.18. The molecule has 1 N–H and O–H groups in total. The molecule has 9 nitrogen and oxygen atoms in total. The van der Waals surface area contributed by atoms with Crippen molar-refractivity contribution in [1.29, 1.82) is 0 Å². The largest absolute Gasteiger partial charge is 0.332 e. The number of benzene rings is 1. The third-order valence-corrected chi connectivity index (χ3v) is 4.62. The van der Waals surface area contributed by atoms with Crippen molar-refractivity contribution in [3.63, 3.8) is 0 Å². The van der Waals surface area contributed by atoms with E-state index in [0.29, 0.717) is 16.7 Å². The third-order valence-electron chi connectivity index (χ3n) is 4.62. The van der Waals surface area contributed by atoms with Gasteiger partial charge in [-0.15, -0.1) is 0 Å². The van der Waals surface area contributed by atoms with E-state index in [4.69, 9.17) is 0 Å². The van der Waals surface area contributed by atoms with Crippen molar-refractivity contribution in [1.82, 2.24) is 28.7 Å². The molecule has 4 aromatic rings. The second-order valence-corrected chi connectivity index (χ2v) is 6.17. The standard InChI is InChI=1S/C17H16N6O3/c1-9(13-19-11-7-5-4-6-10(11)15(24)20-13)23-8-18-14-12(23)16(25)22(3)17(26)21(14)2/h4-9H,1-3H3,(H,19,20,24). The molecule has 0 aliphatic carbocycles. The van der Waals surface area contributed by atoms with Gasteiger partial charge in [-0.1, -0.05) is 12.1 Å². The van der Waals surface area contributed by atoms with Gasteiger partial charge in [0.15, 0.2) is 11.2 Å². The summed E-state index contributed by atoms with van der Waals surface area (Å²) in [6.45, 7) is 1.80. The van der Waals surface area contributed by atoms with Gasteiger partial charge in [-0.3, -0.25) is 18.7 Å². The lowest BCUT2D eigenvalue weighted by Gasteiger charge is -2.14. The second-order valence-electron chi connectivity index (χ2n) is 6.17. The average Bonchev–Trinajstić information content (AvgIpc) is 3.09. The number of aromatic amines is 1. The first-order valence-corrected chi connectivity index (χ1v) is 8.01. The number of aromatic nitrogens is 6. The highest BCUT2D eigenvalue weighted by molar-refractivity contribution is 5.77. The van der Waals surface area contributed by atoms with E-state index >= 15 is 0 Å². The predicted molar refractivity (Wildman–Crippen MR) is 96.4 cm³/mol. The molecule has 3 heterocycles. The number of fused-ring (bicyclic) bond motifs is 2. The maximum atomic E-state index is 12.6. The van der Waals surface area contributed by atoms with Gasteiger partial charge >= 0.3 is 5.69 Å². The van der Waals surface area contributed by atoms with E-state index in [9.17, 15) is 14.4 Å². The summed E-state index contributed by atoms with van der Waals surface area (Å²) in [5.41, 5.74) is -0.00998. The molecule has 3 aromatic heterocycles. The van der Waals surface area contributed by atoms with Crippen LogP contribution in [0.25, 0.3) is 22.1 Å². The molecule has 4 rings (SSSR count). The van der Waals surface area contributed by atoms with Crippen molar-refractivity contribution in [2.75, 3.05) is 0 Å². The van der Waals surface area contributed by atoms with Crippen LogP contribution in [0.3, 0.4) is 0 Å². The molecule has 0 amide bonds. The third kappa shape index (κ3) is 2.13. The van der Waals surface area contributed by atoms with Crippen molar-refractivity contribution in [3.8, 4) is 0 Å². The Hall–Kier alpha value is -3.49. The molecule has 0 spiro atoms. The Bertz CT molecular complexity index is 1340. The molecule has 0 bridgehead atoms. The smallest absolute Gasteiger partial charge is 0.314 e. The Morgan fingerprint density at radius 1 is 1.08 bits per heavy atom. The van der Waals surface area contributed by atoms with Crippen LogP contribution in [0.4, 0.5) is 0 Å². The summed E-state index contributed by atoms with van der Waals surface area (Å²) in [6.07, 6.45) is 1.48. The fraction of sp³-hybridized carbons (Fsp3) is 0.235. The molecule has 0 aliphatic rings. The van der Waals surface area contributed by atoms with E-state index in [1.807, 2.05) is 0 Å². The molecular formula is C17H16N6O3. The normalized spacial score (nSPS) is 12.7. The maximum absolute atomic E-state index is 12.6. The molecule has 0 saturated heterocycles. The van der Waals surface area contributed by atoms with Crippen molar-refractivity contribution >= 4 is 22.1 Å². The Labute approximate surface area is 146 Å². The fourth-order valence-electron chi connectivity index (χ4n) is 3.09. The highest BCUT2D eigenvalue weighted by Gasteiger charge is 2.20. The van der Waals surface area contributed by atoms with Crippen molar-refractivity contribution in [2.24, 2.45) is 14.1 Å². The van der Waals surface area contributed by atoms with Crippen molar-refractivity contribution in [3.05, 3.63) is 67.6 Å². The Morgan fingerprint density at radius 2 is 1.81 bits per heavy atom. The van der Waals surface area contributed by atoms with Crippen LogP contribution in [0.5, 0.6) is 0 Å². The summed E-state index contributed by atoms with van der Waals surface area (Å²) in [5.74, 6) is 0.406. The van der Waals surface area contributed by atoms with E-state index in [2.05, 4.69) is 15.0 Å². The zero-order chi connectivity index (χ0) is 18.6. The minimum atomic E-state index is -0.456. The summed E-state index contributed by atoms with van der Waals surface area (Å²) in [6, 6.07) is 6.59. The number of hydrogen-bond donors (Lipinski definition) is 1. The monoisotopic (exact) mass is 352 g/mol. The van der Waals surface area contributed by atoms with E-state index in [-0.39, 0.29) is 16.7 Å². The molecule has 0 radical (unpaired) electrons. The second kappa shape index (κ2) is 5.51. The zero-order valence-corrected chi connectivity index (χ0v) is 14.4. The molecule has 0 saturated carbocycles. The molecule has 132 valence electrons. The molecule has 1 unspecified atom stereocenters. The van der Waals surface area contributed by atoms with Crippen LogP contribution in [0.15, 0.2) is 45.0 Å². The first-order chi connectivity index (χ1) is 12.4. The summed E-state index contributed by atoms with van der Waals surface area (Å²) < 4.78 is 3.96. The Kier molecular flexibility index (Phi) is 3.39. The number of hydrogen-bond acceptors (Lipinski definition) is 5. The van der Waals surface area contributed by atoms with Crippen LogP contribution in [0, 0.1) is 0 Å². The lowest BCUT2D eigenvalue weighted by Crippen LogP contribution is -2.37. The molecular weight excluding hydrogens is 336 g/mol. The highest BCUT2D eigenvalue weighted by atomic mass is 16.2. The fourth-order valence-corrected chi connectivity index (χ4v) is 3.09. The van der Waals surface area contributed by atoms with Crippen LogP contribution in [-0.4, -0.2) is 28.7 Å². The molecule has 9 heteroatoms. The number of imidazole rings is 1. The lowest BCUT2D eigenvalue weighted by molar-refractivity contribution is 0.609. The molecule has 0 aliphatic heterocycles. The minimum Gasteiger partial charge on any atom is -0.314 e. The van der Waals surface area contributed by atoms with Gasteiger partial charge in [0.2, 0.25) is 0 Å². The number of para-hydroxylation sites is 1. The van der Waals surface area contributed by atoms with Crippen LogP contribution >= 0.6 is 0 Å². The molecule has 26 heavy (non-hydrogen) atoms. The topological polar surface area (TPSA) is 108 Å². The van der Waals surface area contributed by atoms with Gasteiger partial charge in [0.05, 0.1) is 23.3 Å². The van der Waals surface area contributed by atoms with Crippen LogP contribution in [-0.2, 0) is 14.1 Å². The van der Waals surface area contributed by atoms with E-state index < -0.39 is 17.3 Å². The summed E-state index contributed by atoms with van der Waals surface area (Å²) in [5, 5.41) is 0.497. The van der Waals surface area contributed by atoms with Gasteiger partial charge in [-0.05, 0) is 19.1 Å². The quantitative estimate of drug-likeness (QED) is 0.557. The molecule has 0 fully saturated rings. The van der Waals surface area contributed by atoms with Gasteiger partial charge in [0.25, 0.3) is 11.1 Å². The first kappa shape index (κ1) is 16.0. The summed E-state index contributed by atoms with van der Waals surface area (Å²) >= 11 is 0. The predicted octanol–water partition coefficient (Wildman–Crippen LogP) is 0.279. The van der Waals surface area contributed by atoms with Gasteiger partial charge < -0.3 is 9.55 Å². The number of nitrogens with one attached hydrogen (secondary N) is 1. The molecule has 1 aromatic carbocycles. The Balaban J connectivity index is 1.98. The van der Waals surface area contributed by atoms with Crippen LogP contribution in [0.1, 0.15) is 18.8 Å². The van der Waals surface area contributed by atoms with Gasteiger partial charge in [-0.25, -0.2) is 14.8 Å². The molecule has 1 atom stereocenters. The van der Waals surface area contributed by atoms with E-state index in [1.54, 1.807) is 42.8 Å². The number of rotatable bonds is 2. The lowest BCUT2D eigenvalue weighted by atomic mass is 10.2. The summed E-state index contributed by atoms with van der Waals surface area (Å²) in [4.78, 5) is 48.5. The van der Waals surface area contributed by atoms with Gasteiger partial charge in [0, 0.05) is 14.1 Å². The average molecular weight is 352 g/mol.